The van der Waals surface area contributed by atoms with Gasteiger partial charge in [-0.05, 0) is 49.4 Å². The van der Waals surface area contributed by atoms with Gasteiger partial charge in [-0.2, -0.15) is 4.31 Å². The summed E-state index contributed by atoms with van der Waals surface area (Å²) in [6.07, 6.45) is 0. The minimum atomic E-state index is -3.68. The van der Waals surface area contributed by atoms with Crippen LogP contribution >= 0.6 is 0 Å². The zero-order valence-corrected chi connectivity index (χ0v) is 15.9. The number of piperazine rings is 1. The molecule has 6 nitrogen and oxygen atoms in total. The molecule has 0 spiro atoms. The maximum Gasteiger partial charge on any atom is 0.251 e. The zero-order valence-electron chi connectivity index (χ0n) is 15.1. The van der Waals surface area contributed by atoms with Crippen molar-refractivity contribution >= 4 is 21.6 Å². The average molecular weight is 391 g/mol. The quantitative estimate of drug-likeness (QED) is 0.847. The molecule has 8 heteroatoms. The first kappa shape index (κ1) is 19.3. The van der Waals surface area contributed by atoms with Gasteiger partial charge in [0.05, 0.1) is 4.90 Å². The lowest BCUT2D eigenvalue weighted by Crippen LogP contribution is -2.48. The molecule has 3 rings (SSSR count). The van der Waals surface area contributed by atoms with E-state index in [0.29, 0.717) is 38.3 Å². The van der Waals surface area contributed by atoms with Crippen LogP contribution in [0, 0.1) is 5.82 Å². The number of carbonyl (C=O) groups excluding carboxylic acids is 1. The first-order chi connectivity index (χ1) is 12.9. The highest BCUT2D eigenvalue weighted by Gasteiger charge is 2.29. The van der Waals surface area contributed by atoms with E-state index in [2.05, 4.69) is 5.32 Å². The third-order valence-electron chi connectivity index (χ3n) is 4.50. The number of sulfonamides is 1. The van der Waals surface area contributed by atoms with Crippen LogP contribution < -0.4 is 10.2 Å². The molecule has 0 saturated carbocycles. The monoisotopic (exact) mass is 391 g/mol. The summed E-state index contributed by atoms with van der Waals surface area (Å²) in [6.45, 7) is 3.96. The van der Waals surface area contributed by atoms with Gasteiger partial charge in [0.2, 0.25) is 10.0 Å². The summed E-state index contributed by atoms with van der Waals surface area (Å²) in [4.78, 5) is 14.1. The Kier molecular flexibility index (Phi) is 5.76. The molecule has 1 heterocycles. The molecule has 0 aliphatic carbocycles. The Balaban J connectivity index is 1.72. The van der Waals surface area contributed by atoms with Gasteiger partial charge in [-0.3, -0.25) is 4.79 Å². The van der Waals surface area contributed by atoms with E-state index in [1.807, 2.05) is 4.90 Å². The van der Waals surface area contributed by atoms with Crippen LogP contribution in [0.3, 0.4) is 0 Å². The number of hydrogen-bond donors (Lipinski definition) is 1. The standard InChI is InChI=1S/C19H22FN3O3S/c1-2-21-19(24)15-4-3-5-18(14-15)27(25,26)23-12-10-22(11-13-23)17-8-6-16(20)7-9-17/h3-9,14H,2,10-13H2,1H3,(H,21,24). The third kappa shape index (κ3) is 4.28. The van der Waals surface area contributed by atoms with Gasteiger partial charge in [0, 0.05) is 44.0 Å². The number of anilines is 1. The van der Waals surface area contributed by atoms with Crippen molar-refractivity contribution in [3.63, 3.8) is 0 Å². The Morgan fingerprint density at radius 3 is 2.37 bits per heavy atom. The van der Waals surface area contributed by atoms with Crippen LogP contribution in [0.1, 0.15) is 17.3 Å². The number of carbonyl (C=O) groups is 1. The number of rotatable bonds is 5. The van der Waals surface area contributed by atoms with Crippen molar-refractivity contribution in [2.24, 2.45) is 0 Å². The first-order valence-corrected chi connectivity index (χ1v) is 10.2. The summed E-state index contributed by atoms with van der Waals surface area (Å²) in [7, 11) is -3.68. The average Bonchev–Trinajstić information content (AvgIpc) is 2.69. The van der Waals surface area contributed by atoms with Crippen LogP contribution in [0.4, 0.5) is 10.1 Å². The zero-order chi connectivity index (χ0) is 19.4. The number of amides is 1. The molecular weight excluding hydrogens is 369 g/mol. The summed E-state index contributed by atoms with van der Waals surface area (Å²) >= 11 is 0. The van der Waals surface area contributed by atoms with Gasteiger partial charge in [-0.25, -0.2) is 12.8 Å². The fourth-order valence-electron chi connectivity index (χ4n) is 3.05. The predicted octanol–water partition coefficient (Wildman–Crippen LogP) is 2.09. The summed E-state index contributed by atoms with van der Waals surface area (Å²) in [6, 6.07) is 12.3. The molecule has 0 atom stereocenters. The SMILES string of the molecule is CCNC(=O)c1cccc(S(=O)(=O)N2CCN(c3ccc(F)cc3)CC2)c1. The van der Waals surface area contributed by atoms with Crippen LogP contribution in [-0.4, -0.2) is 51.4 Å². The molecule has 27 heavy (non-hydrogen) atoms. The van der Waals surface area contributed by atoms with Crippen molar-refractivity contribution in [2.45, 2.75) is 11.8 Å². The van der Waals surface area contributed by atoms with E-state index in [-0.39, 0.29) is 16.6 Å². The Hall–Kier alpha value is -2.45. The molecule has 1 aliphatic heterocycles. The van der Waals surface area contributed by atoms with Crippen molar-refractivity contribution in [3.05, 3.63) is 59.9 Å². The summed E-state index contributed by atoms with van der Waals surface area (Å²) in [5, 5.41) is 2.67. The van der Waals surface area contributed by atoms with Gasteiger partial charge in [0.25, 0.3) is 5.91 Å². The molecule has 1 amide bonds. The van der Waals surface area contributed by atoms with Gasteiger partial charge >= 0.3 is 0 Å². The molecule has 1 N–H and O–H groups in total. The van der Waals surface area contributed by atoms with Crippen molar-refractivity contribution in [2.75, 3.05) is 37.6 Å². The van der Waals surface area contributed by atoms with Crippen molar-refractivity contribution < 1.29 is 17.6 Å². The van der Waals surface area contributed by atoms with E-state index in [0.717, 1.165) is 5.69 Å². The molecule has 0 unspecified atom stereocenters. The highest BCUT2D eigenvalue weighted by atomic mass is 32.2. The molecule has 0 radical (unpaired) electrons. The van der Waals surface area contributed by atoms with E-state index in [4.69, 9.17) is 0 Å². The largest absolute Gasteiger partial charge is 0.369 e. The summed E-state index contributed by atoms with van der Waals surface area (Å²) in [5.41, 5.74) is 1.19. The van der Waals surface area contributed by atoms with Crippen molar-refractivity contribution in [1.82, 2.24) is 9.62 Å². The lowest BCUT2D eigenvalue weighted by atomic mass is 10.2. The van der Waals surface area contributed by atoms with Crippen LogP contribution in [0.15, 0.2) is 53.4 Å². The van der Waals surface area contributed by atoms with Gasteiger partial charge in [0.1, 0.15) is 5.82 Å². The highest BCUT2D eigenvalue weighted by molar-refractivity contribution is 7.89. The van der Waals surface area contributed by atoms with E-state index in [1.54, 1.807) is 31.2 Å². The Morgan fingerprint density at radius 2 is 1.74 bits per heavy atom. The van der Waals surface area contributed by atoms with Crippen LogP contribution in [0.2, 0.25) is 0 Å². The first-order valence-electron chi connectivity index (χ1n) is 8.81. The minimum absolute atomic E-state index is 0.112. The number of halogens is 1. The number of nitrogens with zero attached hydrogens (tertiary/aromatic N) is 2. The fraction of sp³-hybridized carbons (Fsp3) is 0.316. The summed E-state index contributed by atoms with van der Waals surface area (Å²) in [5.74, 6) is -0.595. The van der Waals surface area contributed by atoms with Crippen molar-refractivity contribution in [3.8, 4) is 0 Å². The molecule has 0 aromatic heterocycles. The third-order valence-corrected chi connectivity index (χ3v) is 6.40. The number of hydrogen-bond acceptors (Lipinski definition) is 4. The molecule has 2 aromatic carbocycles. The molecule has 1 saturated heterocycles. The Morgan fingerprint density at radius 1 is 1.07 bits per heavy atom. The lowest BCUT2D eigenvalue weighted by Gasteiger charge is -2.35. The van der Waals surface area contributed by atoms with E-state index < -0.39 is 10.0 Å². The lowest BCUT2D eigenvalue weighted by molar-refractivity contribution is 0.0955. The van der Waals surface area contributed by atoms with E-state index in [1.165, 1.54) is 28.6 Å². The Labute approximate surface area is 158 Å². The van der Waals surface area contributed by atoms with Gasteiger partial charge in [-0.1, -0.05) is 6.07 Å². The fourth-order valence-corrected chi connectivity index (χ4v) is 4.52. The van der Waals surface area contributed by atoms with Crippen molar-refractivity contribution in [1.29, 1.82) is 0 Å². The smallest absolute Gasteiger partial charge is 0.251 e. The molecular formula is C19H22FN3O3S. The summed E-state index contributed by atoms with van der Waals surface area (Å²) < 4.78 is 40.4. The Bertz CT molecular complexity index is 908. The topological polar surface area (TPSA) is 69.7 Å². The molecule has 1 aliphatic rings. The normalized spacial score (nSPS) is 15.6. The van der Waals surface area contributed by atoms with Crippen LogP contribution in [-0.2, 0) is 10.0 Å². The number of benzene rings is 2. The van der Waals surface area contributed by atoms with Crippen LogP contribution in [0.5, 0.6) is 0 Å². The maximum absolute atomic E-state index is 13.1. The second-order valence-electron chi connectivity index (χ2n) is 6.25. The molecule has 1 fully saturated rings. The number of nitrogens with one attached hydrogen (secondary N) is 1. The maximum atomic E-state index is 13.1. The van der Waals surface area contributed by atoms with Gasteiger partial charge in [-0.15, -0.1) is 0 Å². The predicted molar refractivity (Wildman–Crippen MR) is 102 cm³/mol. The van der Waals surface area contributed by atoms with Gasteiger partial charge < -0.3 is 10.2 Å². The van der Waals surface area contributed by atoms with Crippen LogP contribution in [0.25, 0.3) is 0 Å². The van der Waals surface area contributed by atoms with Gasteiger partial charge in [0.15, 0.2) is 0 Å². The second-order valence-corrected chi connectivity index (χ2v) is 8.19. The van der Waals surface area contributed by atoms with E-state index >= 15 is 0 Å². The highest BCUT2D eigenvalue weighted by Crippen LogP contribution is 2.22. The second kappa shape index (κ2) is 8.06. The molecule has 144 valence electrons. The minimum Gasteiger partial charge on any atom is -0.369 e. The molecule has 2 aromatic rings. The van der Waals surface area contributed by atoms with E-state index in [9.17, 15) is 17.6 Å². The molecule has 0 bridgehead atoms.